The maximum absolute atomic E-state index is 13.4. The lowest BCUT2D eigenvalue weighted by Gasteiger charge is -2.23. The van der Waals surface area contributed by atoms with Gasteiger partial charge in [0.1, 0.15) is 11.6 Å². The third-order valence-corrected chi connectivity index (χ3v) is 3.18. The average Bonchev–Trinajstić information content (AvgIpc) is 2.54. The van der Waals surface area contributed by atoms with Crippen LogP contribution in [-0.4, -0.2) is 50.9 Å². The molecule has 0 saturated carbocycles. The largest absolute Gasteiger partial charge is 0.480 e. The Balaban J connectivity index is 3.10. The minimum Gasteiger partial charge on any atom is -0.480 e. The molecular weight excluding hydrogens is 402 g/mol. The summed E-state index contributed by atoms with van der Waals surface area (Å²) >= 11 is 0. The third kappa shape index (κ3) is 7.20. The number of nitrogens with one attached hydrogen (secondary N) is 1. The number of nitro groups is 1. The Kier molecular flexibility index (Phi) is 7.40. The maximum Gasteiger partial charge on any atom is 0.408 e. The van der Waals surface area contributed by atoms with E-state index in [0.717, 1.165) is 0 Å². The zero-order chi connectivity index (χ0) is 22.5. The fraction of sp³-hybridized carbons (Fsp3) is 0.438. The van der Waals surface area contributed by atoms with E-state index in [1.165, 1.54) is 20.8 Å². The molecule has 0 aliphatic carbocycles. The van der Waals surface area contributed by atoms with Crippen LogP contribution in [0.3, 0.4) is 0 Å². The molecule has 0 aliphatic heterocycles. The van der Waals surface area contributed by atoms with Gasteiger partial charge in [0, 0.05) is 12.5 Å². The molecule has 11 nitrogen and oxygen atoms in total. The number of alkyl carbamates (subject to hydrolysis) is 1. The molecule has 1 amide bonds. The molecule has 2 atom stereocenters. The van der Waals surface area contributed by atoms with Gasteiger partial charge in [0.2, 0.25) is 5.75 Å². The number of halogens is 2. The molecule has 0 heterocycles. The molecular formula is C16H18F2N2O9. The number of amides is 1. The fourth-order valence-corrected chi connectivity index (χ4v) is 1.99. The highest BCUT2D eigenvalue weighted by Gasteiger charge is 2.33. The predicted molar refractivity (Wildman–Crippen MR) is 90.5 cm³/mol. The third-order valence-electron chi connectivity index (χ3n) is 3.18. The van der Waals surface area contributed by atoms with Crippen LogP contribution in [0.15, 0.2) is 12.1 Å². The van der Waals surface area contributed by atoms with Crippen LogP contribution < -0.4 is 10.1 Å². The number of hydrogen-bond acceptors (Lipinski definition) is 7. The van der Waals surface area contributed by atoms with Gasteiger partial charge in [0.05, 0.1) is 11.0 Å². The van der Waals surface area contributed by atoms with E-state index in [4.69, 9.17) is 9.47 Å². The van der Waals surface area contributed by atoms with Gasteiger partial charge in [-0.15, -0.1) is 0 Å². The van der Waals surface area contributed by atoms with E-state index in [2.05, 4.69) is 0 Å². The Morgan fingerprint density at radius 1 is 1.17 bits per heavy atom. The molecule has 0 spiro atoms. The van der Waals surface area contributed by atoms with Crippen molar-refractivity contribution in [3.05, 3.63) is 33.9 Å². The molecule has 1 aromatic carbocycles. The number of carbonyl (C=O) groups excluding carboxylic acids is 1. The highest BCUT2D eigenvalue weighted by Crippen LogP contribution is 2.31. The van der Waals surface area contributed by atoms with Crippen LogP contribution in [0.4, 0.5) is 19.3 Å². The van der Waals surface area contributed by atoms with Crippen LogP contribution >= 0.6 is 0 Å². The lowest BCUT2D eigenvalue weighted by atomic mass is 10.1. The van der Waals surface area contributed by atoms with Crippen LogP contribution in [0.1, 0.15) is 27.2 Å². The predicted octanol–water partition coefficient (Wildman–Crippen LogP) is 2.07. The lowest BCUT2D eigenvalue weighted by molar-refractivity contribution is -0.386. The van der Waals surface area contributed by atoms with Crippen molar-refractivity contribution >= 4 is 23.7 Å². The Labute approximate surface area is 162 Å². The van der Waals surface area contributed by atoms with E-state index < -0.39 is 70.2 Å². The van der Waals surface area contributed by atoms with Crippen LogP contribution in [0.25, 0.3) is 0 Å². The summed E-state index contributed by atoms with van der Waals surface area (Å²) in [6, 6.07) is -1.37. The Hall–Kier alpha value is -3.51. The van der Waals surface area contributed by atoms with E-state index in [1.54, 1.807) is 0 Å². The van der Waals surface area contributed by atoms with Crippen molar-refractivity contribution in [3.63, 3.8) is 0 Å². The SMILES string of the molecule is CC(C)(C)OC(=O)NC(CC(Oc1cc(F)c(F)cc1[N+](=O)[O-])C(=O)O)C(=O)O. The number of hydrogen-bond donors (Lipinski definition) is 3. The number of nitrogens with zero attached hydrogens (tertiary/aromatic N) is 1. The van der Waals surface area contributed by atoms with E-state index in [0.29, 0.717) is 0 Å². The first-order valence-electron chi connectivity index (χ1n) is 7.96. The summed E-state index contributed by atoms with van der Waals surface area (Å²) in [6.45, 7) is 4.52. The Morgan fingerprint density at radius 2 is 1.72 bits per heavy atom. The quantitative estimate of drug-likeness (QED) is 0.421. The van der Waals surface area contributed by atoms with Crippen molar-refractivity contribution in [2.75, 3.05) is 0 Å². The molecule has 0 bridgehead atoms. The van der Waals surface area contributed by atoms with Gasteiger partial charge in [0.15, 0.2) is 17.7 Å². The van der Waals surface area contributed by atoms with Crippen LogP contribution in [0.5, 0.6) is 5.75 Å². The van der Waals surface area contributed by atoms with Gasteiger partial charge >= 0.3 is 23.7 Å². The first-order valence-corrected chi connectivity index (χ1v) is 7.96. The second-order valence-corrected chi connectivity index (χ2v) is 6.71. The zero-order valence-corrected chi connectivity index (χ0v) is 15.5. The van der Waals surface area contributed by atoms with Crippen LogP contribution in [-0.2, 0) is 14.3 Å². The molecule has 1 rings (SSSR count). The summed E-state index contributed by atoms with van der Waals surface area (Å²) in [5, 5.41) is 31.3. The molecule has 0 saturated heterocycles. The molecule has 3 N–H and O–H groups in total. The van der Waals surface area contributed by atoms with Crippen molar-refractivity contribution in [1.29, 1.82) is 0 Å². The number of benzene rings is 1. The molecule has 160 valence electrons. The molecule has 0 radical (unpaired) electrons. The van der Waals surface area contributed by atoms with Crippen molar-refractivity contribution in [2.45, 2.75) is 44.9 Å². The van der Waals surface area contributed by atoms with Crippen LogP contribution in [0, 0.1) is 21.7 Å². The minimum atomic E-state index is -2.06. The average molecular weight is 420 g/mol. The smallest absolute Gasteiger partial charge is 0.408 e. The lowest BCUT2D eigenvalue weighted by Crippen LogP contribution is -2.47. The summed E-state index contributed by atoms with van der Waals surface area (Å²) in [5.41, 5.74) is -2.04. The number of carboxylic acids is 2. The Morgan fingerprint density at radius 3 is 2.17 bits per heavy atom. The van der Waals surface area contributed by atoms with Gasteiger partial charge < -0.3 is 25.0 Å². The molecule has 0 aromatic heterocycles. The summed E-state index contributed by atoms with van der Waals surface area (Å²) < 4.78 is 36.4. The van der Waals surface area contributed by atoms with Crippen molar-refractivity contribution < 1.29 is 47.8 Å². The van der Waals surface area contributed by atoms with Crippen molar-refractivity contribution in [2.24, 2.45) is 0 Å². The number of carboxylic acid groups (broad SMARTS) is 2. The van der Waals surface area contributed by atoms with Crippen LogP contribution in [0.2, 0.25) is 0 Å². The first kappa shape index (κ1) is 23.5. The number of carbonyl (C=O) groups is 3. The van der Waals surface area contributed by atoms with Gasteiger partial charge in [0.25, 0.3) is 0 Å². The standard InChI is InChI=1S/C16H18F2N2O9/c1-16(2,3)29-15(25)19-9(13(21)22)6-12(14(23)24)28-11-5-8(18)7(17)4-10(11)20(26)27/h4-5,9,12H,6H2,1-3H3,(H,19,25)(H,21,22)(H,23,24). The van der Waals surface area contributed by atoms with Gasteiger partial charge in [-0.1, -0.05) is 0 Å². The molecule has 2 unspecified atom stereocenters. The van der Waals surface area contributed by atoms with E-state index in [-0.39, 0.29) is 12.1 Å². The second-order valence-electron chi connectivity index (χ2n) is 6.71. The number of rotatable bonds is 8. The summed E-state index contributed by atoms with van der Waals surface area (Å²) in [4.78, 5) is 44.3. The molecule has 1 aromatic rings. The van der Waals surface area contributed by atoms with E-state index in [1.807, 2.05) is 5.32 Å². The van der Waals surface area contributed by atoms with Gasteiger partial charge in [-0.05, 0) is 20.8 Å². The Bertz CT molecular complexity index is 823. The van der Waals surface area contributed by atoms with Gasteiger partial charge in [-0.25, -0.2) is 23.2 Å². The molecule has 29 heavy (non-hydrogen) atoms. The summed E-state index contributed by atoms with van der Waals surface area (Å²) in [5.74, 6) is -7.45. The minimum absolute atomic E-state index is 0.192. The monoisotopic (exact) mass is 420 g/mol. The van der Waals surface area contributed by atoms with Gasteiger partial charge in [-0.3, -0.25) is 10.1 Å². The van der Waals surface area contributed by atoms with E-state index >= 15 is 0 Å². The van der Waals surface area contributed by atoms with E-state index in [9.17, 15) is 43.5 Å². The second kappa shape index (κ2) is 9.12. The zero-order valence-electron chi connectivity index (χ0n) is 15.5. The van der Waals surface area contributed by atoms with Crippen molar-refractivity contribution in [1.82, 2.24) is 5.32 Å². The maximum atomic E-state index is 13.4. The molecule has 0 aliphatic rings. The fourth-order valence-electron chi connectivity index (χ4n) is 1.99. The summed E-state index contributed by atoms with van der Waals surface area (Å²) in [7, 11) is 0. The number of aliphatic carboxylic acids is 2. The number of nitro benzene ring substituents is 1. The van der Waals surface area contributed by atoms with Crippen molar-refractivity contribution in [3.8, 4) is 5.75 Å². The topological polar surface area (TPSA) is 165 Å². The number of ether oxygens (including phenoxy) is 2. The highest BCUT2D eigenvalue weighted by molar-refractivity contribution is 5.81. The molecule has 0 fully saturated rings. The molecule has 13 heteroatoms. The first-order chi connectivity index (χ1) is 13.2. The van der Waals surface area contributed by atoms with Gasteiger partial charge in [-0.2, -0.15) is 0 Å². The highest BCUT2D eigenvalue weighted by atomic mass is 19.2. The normalized spacial score (nSPS) is 13.1. The summed E-state index contributed by atoms with van der Waals surface area (Å²) in [6.07, 6.45) is -4.12.